The van der Waals surface area contributed by atoms with E-state index in [1.54, 1.807) is 31.2 Å². The van der Waals surface area contributed by atoms with E-state index in [4.69, 9.17) is 9.47 Å². The molecule has 1 atom stereocenters. The first kappa shape index (κ1) is 15.6. The van der Waals surface area contributed by atoms with Crippen LogP contribution in [0.4, 0.5) is 4.39 Å². The van der Waals surface area contributed by atoms with Gasteiger partial charge in [0, 0.05) is 0 Å². The predicted molar refractivity (Wildman–Crippen MR) is 81.3 cm³/mol. The normalized spacial score (nSPS) is 11.8. The van der Waals surface area contributed by atoms with Gasteiger partial charge in [-0.15, -0.1) is 5.10 Å². The number of esters is 1. The second-order valence-electron chi connectivity index (χ2n) is 4.88. The van der Waals surface area contributed by atoms with Crippen LogP contribution in [0.15, 0.2) is 54.9 Å². The van der Waals surface area contributed by atoms with E-state index in [9.17, 15) is 9.18 Å². The number of hydrogen-bond acceptors (Lipinski definition) is 6. The Bertz CT molecular complexity index is 804. The number of benzene rings is 2. The molecule has 3 rings (SSSR count). The summed E-state index contributed by atoms with van der Waals surface area (Å²) in [7, 11) is 0. The van der Waals surface area contributed by atoms with Gasteiger partial charge < -0.3 is 9.47 Å². The van der Waals surface area contributed by atoms with Crippen LogP contribution in [-0.2, 0) is 4.79 Å². The highest BCUT2D eigenvalue weighted by Crippen LogP contribution is 2.17. The van der Waals surface area contributed by atoms with E-state index in [2.05, 4.69) is 15.5 Å². The molecule has 0 radical (unpaired) electrons. The minimum Gasteiger partial charge on any atom is -0.479 e. The molecular weight excluding hydrogens is 315 g/mol. The lowest BCUT2D eigenvalue weighted by atomic mass is 10.3. The summed E-state index contributed by atoms with van der Waals surface area (Å²) in [6.07, 6.45) is 0.620. The van der Waals surface area contributed by atoms with E-state index < -0.39 is 12.1 Å². The van der Waals surface area contributed by atoms with Crippen LogP contribution < -0.4 is 9.47 Å². The molecule has 0 N–H and O–H groups in total. The number of carbonyl (C=O) groups is 1. The van der Waals surface area contributed by atoms with Crippen molar-refractivity contribution in [2.75, 3.05) is 0 Å². The first-order chi connectivity index (χ1) is 11.6. The molecular formula is C16H13FN4O3. The summed E-state index contributed by atoms with van der Waals surface area (Å²) in [5.41, 5.74) is 0.732. The average molecular weight is 328 g/mol. The van der Waals surface area contributed by atoms with Gasteiger partial charge in [-0.2, -0.15) is 0 Å². The highest BCUT2D eigenvalue weighted by molar-refractivity contribution is 5.77. The SMILES string of the molecule is C[C@@H](Oc1ccc(F)cc1)C(=O)Oc1ccc(-n2cnnn2)cc1. The number of hydrogen-bond donors (Lipinski definition) is 0. The monoisotopic (exact) mass is 328 g/mol. The molecule has 0 spiro atoms. The summed E-state index contributed by atoms with van der Waals surface area (Å²) < 4.78 is 25.0. The smallest absolute Gasteiger partial charge is 0.352 e. The van der Waals surface area contributed by atoms with Gasteiger partial charge in [0.2, 0.25) is 0 Å². The Hall–Kier alpha value is -3.29. The summed E-state index contributed by atoms with van der Waals surface area (Å²) >= 11 is 0. The minimum atomic E-state index is -0.838. The fraction of sp³-hybridized carbons (Fsp3) is 0.125. The van der Waals surface area contributed by atoms with Crippen molar-refractivity contribution < 1.29 is 18.7 Å². The zero-order valence-corrected chi connectivity index (χ0v) is 12.7. The number of nitrogens with zero attached hydrogens (tertiary/aromatic N) is 4. The first-order valence-electron chi connectivity index (χ1n) is 7.09. The predicted octanol–water partition coefficient (Wildman–Crippen LogP) is 2.17. The molecule has 0 fully saturated rings. The second kappa shape index (κ2) is 6.86. The van der Waals surface area contributed by atoms with Crippen molar-refractivity contribution in [2.24, 2.45) is 0 Å². The first-order valence-corrected chi connectivity index (χ1v) is 7.09. The van der Waals surface area contributed by atoms with Crippen molar-refractivity contribution in [1.82, 2.24) is 20.2 Å². The van der Waals surface area contributed by atoms with Gasteiger partial charge in [0.1, 0.15) is 23.6 Å². The molecule has 2 aromatic carbocycles. The van der Waals surface area contributed by atoms with Crippen LogP contribution in [0.5, 0.6) is 11.5 Å². The number of carbonyl (C=O) groups excluding carboxylic acids is 1. The molecule has 1 heterocycles. The highest BCUT2D eigenvalue weighted by Gasteiger charge is 2.17. The Labute approximate surface area is 136 Å². The van der Waals surface area contributed by atoms with E-state index in [1.165, 1.54) is 35.3 Å². The standard InChI is InChI=1S/C16H13FN4O3/c1-11(23-14-6-2-12(17)3-7-14)16(22)24-15-8-4-13(5-9-15)21-10-18-19-20-21/h2-11H,1H3/t11-/m1/s1. The Kier molecular flexibility index (Phi) is 4.46. The van der Waals surface area contributed by atoms with E-state index in [-0.39, 0.29) is 5.82 Å². The quantitative estimate of drug-likeness (QED) is 0.527. The number of halogens is 1. The van der Waals surface area contributed by atoms with Crippen LogP contribution in [-0.4, -0.2) is 32.3 Å². The Morgan fingerprint density at radius 1 is 1.08 bits per heavy atom. The van der Waals surface area contributed by atoms with Crippen LogP contribution in [0.2, 0.25) is 0 Å². The summed E-state index contributed by atoms with van der Waals surface area (Å²) in [5, 5.41) is 10.8. The lowest BCUT2D eigenvalue weighted by molar-refractivity contribution is -0.141. The van der Waals surface area contributed by atoms with Crippen molar-refractivity contribution >= 4 is 5.97 Å². The number of rotatable bonds is 5. The molecule has 0 aliphatic rings. The third-order valence-corrected chi connectivity index (χ3v) is 3.13. The Morgan fingerprint density at radius 3 is 2.38 bits per heavy atom. The number of ether oxygens (including phenoxy) is 2. The van der Waals surface area contributed by atoms with E-state index in [0.29, 0.717) is 11.5 Å². The maximum Gasteiger partial charge on any atom is 0.352 e. The number of tetrazole rings is 1. The van der Waals surface area contributed by atoms with Gasteiger partial charge in [-0.3, -0.25) is 0 Å². The van der Waals surface area contributed by atoms with Gasteiger partial charge in [0.25, 0.3) is 0 Å². The topological polar surface area (TPSA) is 79.1 Å². The molecule has 3 aromatic rings. The van der Waals surface area contributed by atoms with Gasteiger partial charge in [-0.05, 0) is 65.9 Å². The van der Waals surface area contributed by atoms with Crippen molar-refractivity contribution in [3.05, 3.63) is 60.7 Å². The van der Waals surface area contributed by atoms with Gasteiger partial charge in [0.15, 0.2) is 6.10 Å². The molecule has 7 nitrogen and oxygen atoms in total. The van der Waals surface area contributed by atoms with Crippen molar-refractivity contribution in [1.29, 1.82) is 0 Å². The molecule has 0 unspecified atom stereocenters. The fourth-order valence-electron chi connectivity index (χ4n) is 1.91. The van der Waals surface area contributed by atoms with Gasteiger partial charge in [0.05, 0.1) is 5.69 Å². The van der Waals surface area contributed by atoms with Crippen LogP contribution in [0.25, 0.3) is 5.69 Å². The van der Waals surface area contributed by atoms with E-state index in [1.807, 2.05) is 0 Å². The molecule has 1 aromatic heterocycles. The lowest BCUT2D eigenvalue weighted by Crippen LogP contribution is -2.28. The maximum atomic E-state index is 12.8. The third-order valence-electron chi connectivity index (χ3n) is 3.13. The average Bonchev–Trinajstić information content (AvgIpc) is 3.12. The summed E-state index contributed by atoms with van der Waals surface area (Å²) in [4.78, 5) is 12.0. The van der Waals surface area contributed by atoms with E-state index >= 15 is 0 Å². The summed E-state index contributed by atoms with van der Waals surface area (Å²) in [6, 6.07) is 12.1. The van der Waals surface area contributed by atoms with Crippen molar-refractivity contribution in [3.63, 3.8) is 0 Å². The summed E-state index contributed by atoms with van der Waals surface area (Å²) in [5.74, 6) is -0.184. The van der Waals surface area contributed by atoms with Crippen LogP contribution in [0.1, 0.15) is 6.92 Å². The molecule has 24 heavy (non-hydrogen) atoms. The molecule has 0 aliphatic heterocycles. The molecule has 0 bridgehead atoms. The molecule has 8 heteroatoms. The van der Waals surface area contributed by atoms with E-state index in [0.717, 1.165) is 5.69 Å². The summed E-state index contributed by atoms with van der Waals surface area (Å²) in [6.45, 7) is 1.56. The molecule has 0 amide bonds. The molecule has 122 valence electrons. The van der Waals surface area contributed by atoms with Crippen LogP contribution in [0.3, 0.4) is 0 Å². The third kappa shape index (κ3) is 3.72. The van der Waals surface area contributed by atoms with Crippen LogP contribution in [0, 0.1) is 5.82 Å². The molecule has 0 aliphatic carbocycles. The van der Waals surface area contributed by atoms with Gasteiger partial charge >= 0.3 is 5.97 Å². The van der Waals surface area contributed by atoms with Crippen LogP contribution >= 0.6 is 0 Å². The molecule has 0 saturated heterocycles. The second-order valence-corrected chi connectivity index (χ2v) is 4.88. The minimum absolute atomic E-state index is 0.367. The van der Waals surface area contributed by atoms with Crippen molar-refractivity contribution in [3.8, 4) is 17.2 Å². The zero-order chi connectivity index (χ0) is 16.9. The Balaban J connectivity index is 1.60. The number of aromatic nitrogens is 4. The zero-order valence-electron chi connectivity index (χ0n) is 12.7. The van der Waals surface area contributed by atoms with Crippen molar-refractivity contribution in [2.45, 2.75) is 13.0 Å². The van der Waals surface area contributed by atoms with Gasteiger partial charge in [-0.25, -0.2) is 13.9 Å². The highest BCUT2D eigenvalue weighted by atomic mass is 19.1. The fourth-order valence-corrected chi connectivity index (χ4v) is 1.91. The van der Waals surface area contributed by atoms with Gasteiger partial charge in [-0.1, -0.05) is 0 Å². The Morgan fingerprint density at radius 2 is 1.75 bits per heavy atom. The maximum absolute atomic E-state index is 12.8. The molecule has 0 saturated carbocycles. The largest absolute Gasteiger partial charge is 0.479 e. The lowest BCUT2D eigenvalue weighted by Gasteiger charge is -2.14.